The standard InChI is InChI=1S/C25H31N3O4/c1-19(23(18-26)25(30)27-9-13-31-15-16-32-14-12-29)21-8-7-20-5-4-6-24(22(20)17-21)28-10-2-3-11-28/h4-8,17,29H,2-3,9-16H2,1H3,(H,27,30)/b23-19+. The highest BCUT2D eigenvalue weighted by molar-refractivity contribution is 6.05. The molecule has 2 N–H and O–H groups in total. The second kappa shape index (κ2) is 12.2. The second-order valence-corrected chi connectivity index (χ2v) is 7.72. The van der Waals surface area contributed by atoms with Crippen molar-refractivity contribution in [3.8, 4) is 6.07 Å². The van der Waals surface area contributed by atoms with Crippen molar-refractivity contribution in [2.75, 3.05) is 57.6 Å². The molecular weight excluding hydrogens is 406 g/mol. The van der Waals surface area contributed by atoms with E-state index in [4.69, 9.17) is 14.6 Å². The zero-order chi connectivity index (χ0) is 22.8. The molecular formula is C25H31N3O4. The maximum atomic E-state index is 12.6. The summed E-state index contributed by atoms with van der Waals surface area (Å²) in [5, 5.41) is 23.3. The zero-order valence-corrected chi connectivity index (χ0v) is 18.6. The lowest BCUT2D eigenvalue weighted by molar-refractivity contribution is -0.117. The van der Waals surface area contributed by atoms with Gasteiger partial charge in [0.1, 0.15) is 11.6 Å². The van der Waals surface area contributed by atoms with Crippen molar-refractivity contribution in [3.63, 3.8) is 0 Å². The fourth-order valence-electron chi connectivity index (χ4n) is 3.88. The van der Waals surface area contributed by atoms with Crippen LogP contribution in [-0.2, 0) is 14.3 Å². The topological polar surface area (TPSA) is 94.8 Å². The molecule has 0 spiro atoms. The Labute approximate surface area is 189 Å². The number of amides is 1. The van der Waals surface area contributed by atoms with Gasteiger partial charge in [-0.25, -0.2) is 0 Å². The number of benzene rings is 2. The molecule has 1 aliphatic rings. The largest absolute Gasteiger partial charge is 0.394 e. The Balaban J connectivity index is 1.68. The molecule has 170 valence electrons. The van der Waals surface area contributed by atoms with Gasteiger partial charge in [0.15, 0.2) is 0 Å². The van der Waals surface area contributed by atoms with E-state index < -0.39 is 5.91 Å². The molecule has 0 unspecified atom stereocenters. The first-order valence-corrected chi connectivity index (χ1v) is 11.1. The highest BCUT2D eigenvalue weighted by Crippen LogP contribution is 2.32. The molecule has 1 saturated heterocycles. The predicted octanol–water partition coefficient (Wildman–Crippen LogP) is 2.88. The number of hydrogen-bond acceptors (Lipinski definition) is 6. The minimum absolute atomic E-state index is 0.0184. The Hall–Kier alpha value is -2.92. The van der Waals surface area contributed by atoms with Crippen LogP contribution in [0, 0.1) is 11.3 Å². The molecule has 0 saturated carbocycles. The van der Waals surface area contributed by atoms with Gasteiger partial charge in [0.05, 0.1) is 33.0 Å². The lowest BCUT2D eigenvalue weighted by Crippen LogP contribution is -2.29. The molecule has 0 radical (unpaired) electrons. The van der Waals surface area contributed by atoms with E-state index in [2.05, 4.69) is 40.6 Å². The molecule has 1 amide bonds. The molecule has 2 aromatic carbocycles. The number of anilines is 1. The summed E-state index contributed by atoms with van der Waals surface area (Å²) in [4.78, 5) is 15.0. The zero-order valence-electron chi connectivity index (χ0n) is 18.6. The van der Waals surface area contributed by atoms with E-state index >= 15 is 0 Å². The SMILES string of the molecule is C/C(=C(/C#N)C(=O)NCCOCCOCCO)c1ccc2cccc(N3CCCC3)c2c1. The quantitative estimate of drug-likeness (QED) is 0.319. The van der Waals surface area contributed by atoms with Gasteiger partial charge in [0.2, 0.25) is 0 Å². The van der Waals surface area contributed by atoms with Crippen LogP contribution in [0.2, 0.25) is 0 Å². The van der Waals surface area contributed by atoms with Gasteiger partial charge in [-0.05, 0) is 48.4 Å². The van der Waals surface area contributed by atoms with E-state index in [0.717, 1.165) is 29.4 Å². The van der Waals surface area contributed by atoms with E-state index in [1.54, 1.807) is 0 Å². The number of nitrogens with zero attached hydrogens (tertiary/aromatic N) is 2. The Bertz CT molecular complexity index is 990. The smallest absolute Gasteiger partial charge is 0.262 e. The molecule has 7 nitrogen and oxygen atoms in total. The molecule has 1 fully saturated rings. The number of nitriles is 1. The van der Waals surface area contributed by atoms with E-state index in [9.17, 15) is 10.1 Å². The van der Waals surface area contributed by atoms with E-state index in [1.165, 1.54) is 18.5 Å². The summed E-state index contributed by atoms with van der Waals surface area (Å²) in [6, 6.07) is 14.5. The molecule has 0 bridgehead atoms. The number of aliphatic hydroxyl groups excluding tert-OH is 1. The molecule has 1 heterocycles. The Morgan fingerprint density at radius 2 is 1.88 bits per heavy atom. The molecule has 0 aliphatic carbocycles. The van der Waals surface area contributed by atoms with Crippen LogP contribution in [0.25, 0.3) is 16.3 Å². The number of allylic oxidation sites excluding steroid dienone is 1. The fraction of sp³-hybridized carbons (Fsp3) is 0.440. The number of rotatable bonds is 11. The van der Waals surface area contributed by atoms with Gasteiger partial charge in [-0.1, -0.05) is 24.3 Å². The third kappa shape index (κ3) is 6.07. The van der Waals surface area contributed by atoms with E-state index in [1.807, 2.05) is 19.1 Å². The van der Waals surface area contributed by atoms with Crippen molar-refractivity contribution < 1.29 is 19.4 Å². The van der Waals surface area contributed by atoms with Crippen molar-refractivity contribution in [3.05, 3.63) is 47.5 Å². The van der Waals surface area contributed by atoms with E-state index in [-0.39, 0.29) is 18.8 Å². The van der Waals surface area contributed by atoms with Crippen molar-refractivity contribution in [2.24, 2.45) is 0 Å². The van der Waals surface area contributed by atoms with Crippen LogP contribution < -0.4 is 10.2 Å². The Morgan fingerprint density at radius 1 is 1.12 bits per heavy atom. The maximum absolute atomic E-state index is 12.6. The number of fused-ring (bicyclic) bond motifs is 1. The highest BCUT2D eigenvalue weighted by Gasteiger charge is 2.17. The van der Waals surface area contributed by atoms with Crippen molar-refractivity contribution >= 4 is 27.9 Å². The number of aliphatic hydroxyl groups is 1. The molecule has 0 aromatic heterocycles. The average Bonchev–Trinajstić information content (AvgIpc) is 3.35. The van der Waals surface area contributed by atoms with Crippen LogP contribution in [0.3, 0.4) is 0 Å². The van der Waals surface area contributed by atoms with Crippen LogP contribution in [0.15, 0.2) is 42.0 Å². The molecule has 3 rings (SSSR count). The van der Waals surface area contributed by atoms with Crippen molar-refractivity contribution in [2.45, 2.75) is 19.8 Å². The summed E-state index contributed by atoms with van der Waals surface area (Å²) in [6.45, 7) is 5.57. The molecule has 32 heavy (non-hydrogen) atoms. The molecule has 0 atom stereocenters. The fourth-order valence-corrected chi connectivity index (χ4v) is 3.88. The van der Waals surface area contributed by atoms with Crippen molar-refractivity contribution in [1.82, 2.24) is 5.32 Å². The van der Waals surface area contributed by atoms with Gasteiger partial charge >= 0.3 is 0 Å². The number of hydrogen-bond donors (Lipinski definition) is 2. The normalized spacial score (nSPS) is 14.3. The number of nitrogens with one attached hydrogen (secondary N) is 1. The van der Waals surface area contributed by atoms with Crippen LogP contribution in [0.5, 0.6) is 0 Å². The third-order valence-corrected chi connectivity index (χ3v) is 5.59. The lowest BCUT2D eigenvalue weighted by atomic mass is 9.97. The predicted molar refractivity (Wildman–Crippen MR) is 125 cm³/mol. The minimum atomic E-state index is -0.405. The van der Waals surface area contributed by atoms with Gasteiger partial charge in [-0.2, -0.15) is 5.26 Å². The number of ether oxygens (including phenoxy) is 2. The minimum Gasteiger partial charge on any atom is -0.394 e. The number of carbonyl (C=O) groups excluding carboxylic acids is 1. The first kappa shape index (κ1) is 23.7. The summed E-state index contributed by atoms with van der Waals surface area (Å²) < 4.78 is 10.5. The Morgan fingerprint density at radius 3 is 2.59 bits per heavy atom. The lowest BCUT2D eigenvalue weighted by Gasteiger charge is -2.20. The molecule has 7 heteroatoms. The van der Waals surface area contributed by atoms with Crippen LogP contribution >= 0.6 is 0 Å². The first-order valence-electron chi connectivity index (χ1n) is 11.1. The Kier molecular flexibility index (Phi) is 9.05. The van der Waals surface area contributed by atoms with Gasteiger partial charge in [0.25, 0.3) is 5.91 Å². The first-order chi connectivity index (χ1) is 15.7. The summed E-state index contributed by atoms with van der Waals surface area (Å²) >= 11 is 0. The van der Waals surface area contributed by atoms with Crippen molar-refractivity contribution in [1.29, 1.82) is 5.26 Å². The van der Waals surface area contributed by atoms with Gasteiger partial charge in [-0.15, -0.1) is 0 Å². The second-order valence-electron chi connectivity index (χ2n) is 7.72. The van der Waals surface area contributed by atoms with Crippen LogP contribution in [0.1, 0.15) is 25.3 Å². The summed E-state index contributed by atoms with van der Waals surface area (Å²) in [7, 11) is 0. The van der Waals surface area contributed by atoms with Gasteiger partial charge in [0, 0.05) is 30.7 Å². The highest BCUT2D eigenvalue weighted by atomic mass is 16.5. The monoisotopic (exact) mass is 437 g/mol. The van der Waals surface area contributed by atoms with Crippen LogP contribution in [0.4, 0.5) is 5.69 Å². The number of carbonyl (C=O) groups is 1. The van der Waals surface area contributed by atoms with E-state index in [0.29, 0.717) is 31.9 Å². The van der Waals surface area contributed by atoms with Crippen LogP contribution in [-0.4, -0.2) is 63.7 Å². The van der Waals surface area contributed by atoms with Gasteiger partial charge in [-0.3, -0.25) is 4.79 Å². The summed E-state index contributed by atoms with van der Waals surface area (Å²) in [5.74, 6) is -0.405. The summed E-state index contributed by atoms with van der Waals surface area (Å²) in [5.41, 5.74) is 2.83. The van der Waals surface area contributed by atoms with Gasteiger partial charge < -0.3 is 24.8 Å². The molecule has 1 aliphatic heterocycles. The maximum Gasteiger partial charge on any atom is 0.262 e. The molecule has 2 aromatic rings. The average molecular weight is 438 g/mol. The summed E-state index contributed by atoms with van der Waals surface area (Å²) in [6.07, 6.45) is 2.40. The third-order valence-electron chi connectivity index (χ3n) is 5.59.